The number of rotatable bonds is 4. The Labute approximate surface area is 149 Å². The van der Waals surface area contributed by atoms with Crippen LogP contribution < -0.4 is 11.3 Å². The Bertz CT molecular complexity index is 994. The molecule has 2 heterocycles. The molecule has 0 saturated heterocycles. The molecule has 1 amide bonds. The van der Waals surface area contributed by atoms with Crippen molar-refractivity contribution < 1.29 is 4.79 Å². The average Bonchev–Trinajstić information content (AvgIpc) is 2.58. The highest BCUT2D eigenvalue weighted by Crippen LogP contribution is 2.21. The molecular weight excluding hydrogens is 338 g/mol. The van der Waals surface area contributed by atoms with Gasteiger partial charge in [0, 0.05) is 24.3 Å². The monoisotopic (exact) mass is 353 g/mol. The number of aromatic nitrogens is 2. The van der Waals surface area contributed by atoms with Crippen molar-refractivity contribution in [1.82, 2.24) is 9.55 Å². The number of halogens is 1. The van der Waals surface area contributed by atoms with Gasteiger partial charge < -0.3 is 10.3 Å². The van der Waals surface area contributed by atoms with E-state index in [2.05, 4.69) is 4.98 Å². The van der Waals surface area contributed by atoms with Gasteiger partial charge in [-0.05, 0) is 41.8 Å². The molecule has 0 fully saturated rings. The van der Waals surface area contributed by atoms with Crippen LogP contribution in [-0.2, 0) is 13.5 Å². The first-order valence-corrected chi connectivity index (χ1v) is 8.03. The summed E-state index contributed by atoms with van der Waals surface area (Å²) in [5.41, 5.74) is 8.45. The van der Waals surface area contributed by atoms with Gasteiger partial charge in [0.2, 0.25) is 0 Å². The smallest absolute Gasteiger partial charge is 0.250 e. The lowest BCUT2D eigenvalue weighted by atomic mass is 10.0. The van der Waals surface area contributed by atoms with Crippen molar-refractivity contribution in [3.8, 4) is 11.4 Å². The molecule has 2 N–H and O–H groups in total. The van der Waals surface area contributed by atoms with Crippen molar-refractivity contribution >= 4 is 17.5 Å². The minimum atomic E-state index is -0.601. The summed E-state index contributed by atoms with van der Waals surface area (Å²) >= 11 is 6.00. The molecule has 6 heteroatoms. The summed E-state index contributed by atoms with van der Waals surface area (Å²) in [5, 5.41) is 0.687. The van der Waals surface area contributed by atoms with Gasteiger partial charge in [0.05, 0.1) is 17.0 Å². The van der Waals surface area contributed by atoms with Crippen molar-refractivity contribution in [2.75, 3.05) is 0 Å². The van der Waals surface area contributed by atoms with Crippen LogP contribution in [-0.4, -0.2) is 15.5 Å². The second-order valence-electron chi connectivity index (χ2n) is 5.72. The number of carbonyl (C=O) groups is 1. The first-order valence-electron chi connectivity index (χ1n) is 7.65. The quantitative estimate of drug-likeness (QED) is 0.783. The topological polar surface area (TPSA) is 78.0 Å². The number of pyridine rings is 2. The van der Waals surface area contributed by atoms with E-state index in [-0.39, 0.29) is 11.1 Å². The SMILES string of the molecule is Cn1c(-c2ccc(Cc3cccc(Cl)c3)cn2)c(C(N)=O)ccc1=O. The van der Waals surface area contributed by atoms with E-state index in [1.54, 1.807) is 19.3 Å². The Kier molecular flexibility index (Phi) is 4.67. The van der Waals surface area contributed by atoms with Gasteiger partial charge in [0.25, 0.3) is 11.5 Å². The van der Waals surface area contributed by atoms with Crippen LogP contribution in [0.5, 0.6) is 0 Å². The predicted molar refractivity (Wildman–Crippen MR) is 97.7 cm³/mol. The van der Waals surface area contributed by atoms with Crippen molar-refractivity contribution in [2.24, 2.45) is 12.8 Å². The molecule has 2 aromatic heterocycles. The fourth-order valence-corrected chi connectivity index (χ4v) is 2.91. The van der Waals surface area contributed by atoms with E-state index in [0.29, 0.717) is 22.8 Å². The third-order valence-electron chi connectivity index (χ3n) is 3.94. The van der Waals surface area contributed by atoms with E-state index >= 15 is 0 Å². The van der Waals surface area contributed by atoms with Crippen LogP contribution >= 0.6 is 11.6 Å². The third-order valence-corrected chi connectivity index (χ3v) is 4.18. The number of benzene rings is 1. The third kappa shape index (κ3) is 3.61. The fraction of sp³-hybridized carbons (Fsp3) is 0.105. The second-order valence-corrected chi connectivity index (χ2v) is 6.15. The Morgan fingerprint density at radius 1 is 1.16 bits per heavy atom. The first kappa shape index (κ1) is 16.9. The summed E-state index contributed by atoms with van der Waals surface area (Å²) < 4.78 is 1.37. The molecule has 0 unspecified atom stereocenters. The summed E-state index contributed by atoms with van der Waals surface area (Å²) in [4.78, 5) is 28.0. The summed E-state index contributed by atoms with van der Waals surface area (Å²) in [7, 11) is 1.59. The molecule has 0 aliphatic rings. The number of hydrogen-bond donors (Lipinski definition) is 1. The summed E-state index contributed by atoms with van der Waals surface area (Å²) in [6.45, 7) is 0. The van der Waals surface area contributed by atoms with Gasteiger partial charge in [-0.15, -0.1) is 0 Å². The number of nitrogens with zero attached hydrogens (tertiary/aromatic N) is 2. The zero-order valence-corrected chi connectivity index (χ0v) is 14.3. The fourth-order valence-electron chi connectivity index (χ4n) is 2.70. The van der Waals surface area contributed by atoms with E-state index in [4.69, 9.17) is 17.3 Å². The molecule has 3 aromatic rings. The van der Waals surface area contributed by atoms with Gasteiger partial charge in [-0.3, -0.25) is 14.6 Å². The van der Waals surface area contributed by atoms with Crippen molar-refractivity contribution in [2.45, 2.75) is 6.42 Å². The minimum Gasteiger partial charge on any atom is -0.366 e. The average molecular weight is 354 g/mol. The summed E-state index contributed by atoms with van der Waals surface area (Å²) in [6, 6.07) is 14.1. The number of nitrogens with two attached hydrogens (primary N) is 1. The van der Waals surface area contributed by atoms with Crippen LogP contribution in [0.2, 0.25) is 5.02 Å². The van der Waals surface area contributed by atoms with Gasteiger partial charge in [-0.1, -0.05) is 29.8 Å². The molecule has 0 aliphatic heterocycles. The van der Waals surface area contributed by atoms with Crippen LogP contribution in [0.1, 0.15) is 21.5 Å². The van der Waals surface area contributed by atoms with Crippen LogP contribution in [0.4, 0.5) is 0 Å². The van der Waals surface area contributed by atoms with E-state index < -0.39 is 5.91 Å². The van der Waals surface area contributed by atoms with Gasteiger partial charge >= 0.3 is 0 Å². The Morgan fingerprint density at radius 3 is 2.60 bits per heavy atom. The van der Waals surface area contributed by atoms with Crippen LogP contribution in [0.25, 0.3) is 11.4 Å². The normalized spacial score (nSPS) is 10.6. The van der Waals surface area contributed by atoms with Gasteiger partial charge in [-0.25, -0.2) is 0 Å². The molecule has 126 valence electrons. The highest BCUT2D eigenvalue weighted by Gasteiger charge is 2.15. The maximum Gasteiger partial charge on any atom is 0.250 e. The van der Waals surface area contributed by atoms with Gasteiger partial charge in [-0.2, -0.15) is 0 Å². The van der Waals surface area contributed by atoms with E-state index in [9.17, 15) is 9.59 Å². The zero-order chi connectivity index (χ0) is 18.0. The maximum atomic E-state index is 11.9. The van der Waals surface area contributed by atoms with Crippen LogP contribution in [0, 0.1) is 0 Å². The lowest BCUT2D eigenvalue weighted by Crippen LogP contribution is -2.23. The summed E-state index contributed by atoms with van der Waals surface area (Å²) in [5.74, 6) is -0.601. The lowest BCUT2D eigenvalue weighted by molar-refractivity contribution is 0.1000. The Morgan fingerprint density at radius 2 is 1.96 bits per heavy atom. The van der Waals surface area contributed by atoms with Gasteiger partial charge in [0.1, 0.15) is 0 Å². The molecular formula is C19H16ClN3O2. The Balaban J connectivity index is 1.97. The Hall–Kier alpha value is -2.92. The molecule has 0 spiro atoms. The highest BCUT2D eigenvalue weighted by molar-refractivity contribution is 6.30. The van der Waals surface area contributed by atoms with Crippen LogP contribution in [0.15, 0.2) is 59.5 Å². The molecule has 25 heavy (non-hydrogen) atoms. The van der Waals surface area contributed by atoms with Crippen molar-refractivity contribution in [3.05, 3.63) is 86.8 Å². The molecule has 0 radical (unpaired) electrons. The molecule has 0 atom stereocenters. The molecule has 0 saturated carbocycles. The molecule has 5 nitrogen and oxygen atoms in total. The molecule has 3 rings (SSSR count). The molecule has 0 bridgehead atoms. The van der Waals surface area contributed by atoms with Crippen LogP contribution in [0.3, 0.4) is 0 Å². The predicted octanol–water partition coefficient (Wildman–Crippen LogP) is 2.79. The zero-order valence-electron chi connectivity index (χ0n) is 13.6. The first-order chi connectivity index (χ1) is 12.0. The van der Waals surface area contributed by atoms with E-state index in [1.165, 1.54) is 16.7 Å². The maximum absolute atomic E-state index is 11.9. The molecule has 0 aliphatic carbocycles. The lowest BCUT2D eigenvalue weighted by Gasteiger charge is -2.12. The summed E-state index contributed by atoms with van der Waals surface area (Å²) in [6.07, 6.45) is 2.41. The van der Waals surface area contributed by atoms with E-state index in [0.717, 1.165) is 11.1 Å². The van der Waals surface area contributed by atoms with Crippen molar-refractivity contribution in [3.63, 3.8) is 0 Å². The number of carbonyl (C=O) groups excluding carboxylic acids is 1. The molecule has 1 aromatic carbocycles. The van der Waals surface area contributed by atoms with Crippen molar-refractivity contribution in [1.29, 1.82) is 0 Å². The second kappa shape index (κ2) is 6.91. The standard InChI is InChI=1S/C19H16ClN3O2/c1-23-17(24)8-6-15(19(21)25)18(23)16-7-5-13(11-22-16)9-12-3-2-4-14(20)10-12/h2-8,10-11H,9H2,1H3,(H2,21,25). The number of hydrogen-bond acceptors (Lipinski definition) is 3. The van der Waals surface area contributed by atoms with E-state index in [1.807, 2.05) is 30.3 Å². The largest absolute Gasteiger partial charge is 0.366 e. The highest BCUT2D eigenvalue weighted by atomic mass is 35.5. The number of primary amides is 1. The minimum absolute atomic E-state index is 0.232. The van der Waals surface area contributed by atoms with Gasteiger partial charge in [0.15, 0.2) is 0 Å². The number of amides is 1.